The molecule has 38 heavy (non-hydrogen) atoms. The summed E-state index contributed by atoms with van der Waals surface area (Å²) in [5.74, 6) is 0.165. The molecule has 0 aliphatic carbocycles. The number of ether oxygens (including phenoxy) is 1. The van der Waals surface area contributed by atoms with Crippen molar-refractivity contribution in [3.63, 3.8) is 0 Å². The summed E-state index contributed by atoms with van der Waals surface area (Å²) >= 11 is 11.9. The average molecular weight is 585 g/mol. The second-order valence-electron chi connectivity index (χ2n) is 8.59. The number of hydrogen-bond acceptors (Lipinski definition) is 5. The molecule has 4 rings (SSSR count). The standard InChI is InChI=1S/C26H21Cl2F3N2O4S/c1-15-9-17(5-8-22(15)24(34)33-38(35)14-16-3-6-21(36-2)7-4-16)23-13-25(37-32-23,26(29,30)31)18-10-19(27)12-20(28)11-18/h3-12H,13-14H2,1-2H3,(H,33,34). The van der Waals surface area contributed by atoms with E-state index in [1.165, 1.54) is 31.4 Å². The smallest absolute Gasteiger partial charge is 0.435 e. The van der Waals surface area contributed by atoms with E-state index in [9.17, 15) is 22.2 Å². The molecular weight excluding hydrogens is 564 g/mol. The number of carbonyl (C=O) groups excluding carboxylic acids is 1. The van der Waals surface area contributed by atoms with Crippen molar-refractivity contribution < 1.29 is 31.7 Å². The molecule has 0 saturated carbocycles. The van der Waals surface area contributed by atoms with Crippen molar-refractivity contribution in [1.29, 1.82) is 0 Å². The molecule has 1 heterocycles. The van der Waals surface area contributed by atoms with E-state index in [4.69, 9.17) is 32.8 Å². The van der Waals surface area contributed by atoms with Crippen LogP contribution in [0.2, 0.25) is 10.0 Å². The second kappa shape index (κ2) is 11.0. The summed E-state index contributed by atoms with van der Waals surface area (Å²) in [5, 5.41) is 3.80. The predicted octanol–water partition coefficient (Wildman–Crippen LogP) is 6.49. The lowest BCUT2D eigenvalue weighted by Crippen LogP contribution is -2.42. The number of halogens is 5. The van der Waals surface area contributed by atoms with Crippen LogP contribution in [0.3, 0.4) is 0 Å². The minimum atomic E-state index is -4.82. The highest BCUT2D eigenvalue weighted by atomic mass is 35.5. The lowest BCUT2D eigenvalue weighted by molar-refractivity contribution is -0.275. The summed E-state index contributed by atoms with van der Waals surface area (Å²) in [6, 6.07) is 15.0. The molecule has 1 N–H and O–H groups in total. The van der Waals surface area contributed by atoms with Gasteiger partial charge in [0.15, 0.2) is 0 Å². The highest BCUT2D eigenvalue weighted by Crippen LogP contribution is 2.49. The molecule has 1 aliphatic rings. The Labute approximate surface area is 229 Å². The van der Waals surface area contributed by atoms with Gasteiger partial charge in [0.05, 0.1) is 18.6 Å². The SMILES string of the molecule is COc1ccc(CS(=O)NC(=O)c2ccc(C3=NOC(c4cc(Cl)cc(Cl)c4)(C(F)(F)F)C3)cc2C)cc1. The van der Waals surface area contributed by atoms with E-state index >= 15 is 0 Å². The number of amides is 1. The molecule has 3 aromatic rings. The predicted molar refractivity (Wildman–Crippen MR) is 140 cm³/mol. The van der Waals surface area contributed by atoms with Gasteiger partial charge in [0, 0.05) is 27.6 Å². The number of methoxy groups -OCH3 is 1. The fourth-order valence-corrected chi connectivity index (χ4v) is 5.42. The number of carbonyl (C=O) groups is 1. The van der Waals surface area contributed by atoms with Gasteiger partial charge in [0.2, 0.25) is 0 Å². The lowest BCUT2D eigenvalue weighted by atomic mass is 9.86. The normalized spacial score (nSPS) is 17.9. The number of alkyl halides is 3. The molecule has 0 saturated heterocycles. The minimum absolute atomic E-state index is 0.0313. The summed E-state index contributed by atoms with van der Waals surface area (Å²) in [5.41, 5.74) is -1.23. The average Bonchev–Trinajstić information content (AvgIpc) is 3.31. The zero-order valence-electron chi connectivity index (χ0n) is 20.1. The zero-order valence-corrected chi connectivity index (χ0v) is 22.4. The van der Waals surface area contributed by atoms with Crippen LogP contribution in [0.1, 0.15) is 39.0 Å². The van der Waals surface area contributed by atoms with Crippen LogP contribution in [0, 0.1) is 6.92 Å². The van der Waals surface area contributed by atoms with Crippen LogP contribution in [0.15, 0.2) is 65.8 Å². The number of nitrogens with zero attached hydrogens (tertiary/aromatic N) is 1. The summed E-state index contributed by atoms with van der Waals surface area (Å²) in [6.45, 7) is 1.62. The van der Waals surface area contributed by atoms with Gasteiger partial charge in [-0.1, -0.05) is 46.6 Å². The zero-order chi connectivity index (χ0) is 27.7. The van der Waals surface area contributed by atoms with Gasteiger partial charge in [-0.15, -0.1) is 0 Å². The van der Waals surface area contributed by atoms with Crippen molar-refractivity contribution in [3.8, 4) is 5.75 Å². The van der Waals surface area contributed by atoms with Crippen molar-refractivity contribution in [2.45, 2.75) is 30.9 Å². The van der Waals surface area contributed by atoms with Gasteiger partial charge in [0.25, 0.3) is 11.5 Å². The Morgan fingerprint density at radius 1 is 1.11 bits per heavy atom. The van der Waals surface area contributed by atoms with Crippen molar-refractivity contribution in [1.82, 2.24) is 4.72 Å². The second-order valence-corrected chi connectivity index (χ2v) is 10.6. The van der Waals surface area contributed by atoms with Crippen LogP contribution >= 0.6 is 23.2 Å². The Morgan fingerprint density at radius 2 is 1.76 bits per heavy atom. The molecular formula is C26H21Cl2F3N2O4S. The number of oxime groups is 1. The Bertz CT molecular complexity index is 1410. The third-order valence-corrected chi connectivity index (χ3v) is 7.43. The fourth-order valence-electron chi connectivity index (χ4n) is 4.01. The molecule has 2 unspecified atom stereocenters. The third kappa shape index (κ3) is 5.82. The Kier molecular flexibility index (Phi) is 8.06. The number of hydrogen-bond donors (Lipinski definition) is 1. The van der Waals surface area contributed by atoms with Gasteiger partial charge in [0.1, 0.15) is 16.7 Å². The van der Waals surface area contributed by atoms with Gasteiger partial charge in [-0.05, 0) is 66.1 Å². The molecule has 0 radical (unpaired) electrons. The molecule has 2 atom stereocenters. The molecule has 0 fully saturated rings. The van der Waals surface area contributed by atoms with E-state index in [0.29, 0.717) is 16.9 Å². The van der Waals surface area contributed by atoms with Gasteiger partial charge in [-0.2, -0.15) is 13.2 Å². The first-order valence-corrected chi connectivity index (χ1v) is 13.2. The minimum Gasteiger partial charge on any atom is -0.497 e. The maximum absolute atomic E-state index is 14.2. The molecule has 1 amide bonds. The van der Waals surface area contributed by atoms with E-state index in [1.807, 2.05) is 0 Å². The van der Waals surface area contributed by atoms with E-state index in [0.717, 1.165) is 17.7 Å². The van der Waals surface area contributed by atoms with Gasteiger partial charge >= 0.3 is 6.18 Å². The lowest BCUT2D eigenvalue weighted by Gasteiger charge is -2.29. The monoisotopic (exact) mass is 584 g/mol. The summed E-state index contributed by atoms with van der Waals surface area (Å²) < 4.78 is 62.7. The van der Waals surface area contributed by atoms with E-state index in [1.54, 1.807) is 31.2 Å². The molecule has 200 valence electrons. The van der Waals surface area contributed by atoms with Crippen LogP contribution < -0.4 is 9.46 Å². The number of rotatable bonds is 7. The molecule has 0 spiro atoms. The molecule has 6 nitrogen and oxygen atoms in total. The molecule has 12 heteroatoms. The van der Waals surface area contributed by atoms with Crippen LogP contribution in [0.5, 0.6) is 5.75 Å². The fraction of sp³-hybridized carbons (Fsp3) is 0.231. The Hall–Kier alpha value is -3.08. The van der Waals surface area contributed by atoms with E-state index < -0.39 is 35.1 Å². The van der Waals surface area contributed by atoms with E-state index in [2.05, 4.69) is 9.88 Å². The number of nitrogens with one attached hydrogen (secondary N) is 1. The number of benzene rings is 3. The quantitative estimate of drug-likeness (QED) is 0.344. The van der Waals surface area contributed by atoms with E-state index in [-0.39, 0.29) is 32.6 Å². The van der Waals surface area contributed by atoms with Gasteiger partial charge in [-0.3, -0.25) is 9.52 Å². The maximum atomic E-state index is 14.2. The maximum Gasteiger partial charge on any atom is 0.435 e. The molecule has 3 aromatic carbocycles. The van der Waals surface area contributed by atoms with Crippen LogP contribution in [0.25, 0.3) is 0 Å². The van der Waals surface area contributed by atoms with Gasteiger partial charge < -0.3 is 9.57 Å². The van der Waals surface area contributed by atoms with Crippen LogP contribution in [0.4, 0.5) is 13.2 Å². The summed E-state index contributed by atoms with van der Waals surface area (Å²) in [4.78, 5) is 17.8. The topological polar surface area (TPSA) is 77.0 Å². The third-order valence-electron chi connectivity index (χ3n) is 5.98. The van der Waals surface area contributed by atoms with Crippen molar-refractivity contribution >= 4 is 45.8 Å². The van der Waals surface area contributed by atoms with Crippen LogP contribution in [-0.4, -0.2) is 29.1 Å². The summed E-state index contributed by atoms with van der Waals surface area (Å²) in [6.07, 6.45) is -5.45. The van der Waals surface area contributed by atoms with Gasteiger partial charge in [-0.25, -0.2) is 4.21 Å². The summed E-state index contributed by atoms with van der Waals surface area (Å²) in [7, 11) is -0.165. The Balaban J connectivity index is 1.50. The Morgan fingerprint density at radius 3 is 2.34 bits per heavy atom. The first-order chi connectivity index (χ1) is 17.9. The first kappa shape index (κ1) is 27.9. The molecule has 1 aliphatic heterocycles. The van der Waals surface area contributed by atoms with Crippen LogP contribution in [-0.2, 0) is 27.2 Å². The largest absolute Gasteiger partial charge is 0.497 e. The van der Waals surface area contributed by atoms with Crippen molar-refractivity contribution in [2.24, 2.45) is 5.16 Å². The first-order valence-electron chi connectivity index (χ1n) is 11.1. The number of aryl methyl sites for hydroxylation is 1. The molecule has 0 bridgehead atoms. The van der Waals surface area contributed by atoms with Crippen molar-refractivity contribution in [3.05, 3.63) is 98.5 Å². The highest BCUT2D eigenvalue weighted by Gasteiger charge is 2.62. The molecule has 0 aromatic heterocycles. The van der Waals surface area contributed by atoms with Crippen molar-refractivity contribution in [2.75, 3.05) is 7.11 Å². The highest BCUT2D eigenvalue weighted by molar-refractivity contribution is 7.82.